The monoisotopic (exact) mass is 262 g/mol. The zero-order chi connectivity index (χ0) is 13.1. The molecule has 0 bridgehead atoms. The van der Waals surface area contributed by atoms with Crippen molar-refractivity contribution in [1.82, 2.24) is 9.55 Å². The zero-order valence-electron chi connectivity index (χ0n) is 11.5. The fraction of sp³-hybridized carbons (Fsp3) is 0.533. The summed E-state index contributed by atoms with van der Waals surface area (Å²) in [6, 6.07) is 6.64. The number of nitrogens with zero attached hydrogens (tertiary/aromatic N) is 2. The number of hydrogen-bond acceptors (Lipinski definition) is 2. The summed E-state index contributed by atoms with van der Waals surface area (Å²) in [6.45, 7) is 7.71. The summed E-state index contributed by atoms with van der Waals surface area (Å²) >= 11 is 4.34. The van der Waals surface area contributed by atoms with Gasteiger partial charge in [-0.05, 0) is 35.8 Å². The Hall–Kier alpha value is -0.960. The van der Waals surface area contributed by atoms with Crippen LogP contribution in [0.1, 0.15) is 32.2 Å². The summed E-state index contributed by atoms with van der Waals surface area (Å²) in [6.07, 6.45) is 2.00. The van der Waals surface area contributed by atoms with E-state index >= 15 is 0 Å². The second kappa shape index (κ2) is 5.79. The number of aromatic nitrogens is 2. The van der Waals surface area contributed by atoms with E-state index in [0.29, 0.717) is 5.92 Å². The van der Waals surface area contributed by atoms with Gasteiger partial charge in [-0.2, -0.15) is 12.6 Å². The first-order valence-corrected chi connectivity index (χ1v) is 7.37. The van der Waals surface area contributed by atoms with Crippen LogP contribution >= 0.6 is 12.6 Å². The van der Waals surface area contributed by atoms with E-state index in [1.54, 1.807) is 0 Å². The number of hydrogen-bond donors (Lipinski definition) is 1. The van der Waals surface area contributed by atoms with Gasteiger partial charge in [0, 0.05) is 13.0 Å². The van der Waals surface area contributed by atoms with Crippen LogP contribution in [0.25, 0.3) is 11.0 Å². The van der Waals surface area contributed by atoms with Crippen molar-refractivity contribution in [2.24, 2.45) is 5.92 Å². The first-order chi connectivity index (χ1) is 8.65. The Kier molecular flexibility index (Phi) is 4.33. The summed E-state index contributed by atoms with van der Waals surface area (Å²) in [5.74, 6) is 2.65. The molecule has 3 heteroatoms. The average Bonchev–Trinajstić information content (AvgIpc) is 2.66. The number of benzene rings is 1. The summed E-state index contributed by atoms with van der Waals surface area (Å²) in [7, 11) is 0. The van der Waals surface area contributed by atoms with Gasteiger partial charge in [0.2, 0.25) is 0 Å². The van der Waals surface area contributed by atoms with Gasteiger partial charge in [-0.15, -0.1) is 0 Å². The molecule has 0 saturated heterocycles. The third kappa shape index (κ3) is 2.72. The second-order valence-electron chi connectivity index (χ2n) is 5.18. The number of imidazole rings is 1. The van der Waals surface area contributed by atoms with Crippen LogP contribution in [-0.2, 0) is 19.4 Å². The molecule has 0 aliphatic rings. The summed E-state index contributed by atoms with van der Waals surface area (Å²) in [4.78, 5) is 4.78. The molecule has 0 fully saturated rings. The molecular formula is C15H22N2S. The van der Waals surface area contributed by atoms with Crippen molar-refractivity contribution in [2.75, 3.05) is 5.75 Å². The molecule has 0 saturated carbocycles. The van der Waals surface area contributed by atoms with Crippen LogP contribution in [0.5, 0.6) is 0 Å². The van der Waals surface area contributed by atoms with Gasteiger partial charge in [0.25, 0.3) is 0 Å². The largest absolute Gasteiger partial charge is 0.328 e. The maximum absolute atomic E-state index is 4.78. The molecule has 0 spiro atoms. The molecule has 98 valence electrons. The minimum atomic E-state index is 0.631. The molecule has 0 atom stereocenters. The standard InChI is InChI=1S/C15H22N2S/c1-4-12-5-6-14-13(9-12)16-15(7-8-18)17(14)10-11(2)3/h5-6,9,11,18H,4,7-8,10H2,1-3H3. The van der Waals surface area contributed by atoms with Gasteiger partial charge < -0.3 is 4.57 Å². The lowest BCUT2D eigenvalue weighted by molar-refractivity contribution is 0.519. The Balaban J connectivity index is 2.52. The molecule has 18 heavy (non-hydrogen) atoms. The quantitative estimate of drug-likeness (QED) is 0.813. The average molecular weight is 262 g/mol. The highest BCUT2D eigenvalue weighted by Crippen LogP contribution is 2.20. The molecule has 2 rings (SSSR count). The molecule has 2 nitrogen and oxygen atoms in total. The number of fused-ring (bicyclic) bond motifs is 1. The topological polar surface area (TPSA) is 17.8 Å². The Bertz CT molecular complexity index is 529. The van der Waals surface area contributed by atoms with Crippen molar-refractivity contribution in [3.63, 3.8) is 0 Å². The van der Waals surface area contributed by atoms with E-state index in [2.05, 4.69) is 56.2 Å². The molecule has 1 heterocycles. The first-order valence-electron chi connectivity index (χ1n) is 6.74. The van der Waals surface area contributed by atoms with Gasteiger partial charge in [-0.1, -0.05) is 26.8 Å². The molecule has 0 unspecified atom stereocenters. The molecule has 0 aliphatic carbocycles. The highest BCUT2D eigenvalue weighted by molar-refractivity contribution is 7.80. The van der Waals surface area contributed by atoms with Crippen molar-refractivity contribution in [3.8, 4) is 0 Å². The smallest absolute Gasteiger partial charge is 0.110 e. The van der Waals surface area contributed by atoms with Gasteiger partial charge >= 0.3 is 0 Å². The number of rotatable bonds is 5. The van der Waals surface area contributed by atoms with Gasteiger partial charge in [-0.3, -0.25) is 0 Å². The fourth-order valence-electron chi connectivity index (χ4n) is 2.30. The highest BCUT2D eigenvalue weighted by atomic mass is 32.1. The highest BCUT2D eigenvalue weighted by Gasteiger charge is 2.11. The van der Waals surface area contributed by atoms with Crippen LogP contribution < -0.4 is 0 Å². The summed E-state index contributed by atoms with van der Waals surface area (Å²) in [5.41, 5.74) is 3.75. The lowest BCUT2D eigenvalue weighted by atomic mass is 10.1. The lowest BCUT2D eigenvalue weighted by Gasteiger charge is -2.11. The third-order valence-corrected chi connectivity index (χ3v) is 3.41. The van der Waals surface area contributed by atoms with Gasteiger partial charge in [0.1, 0.15) is 5.82 Å². The van der Waals surface area contributed by atoms with Crippen molar-refractivity contribution in [1.29, 1.82) is 0 Å². The van der Waals surface area contributed by atoms with E-state index in [9.17, 15) is 0 Å². The van der Waals surface area contributed by atoms with Gasteiger partial charge in [0.05, 0.1) is 11.0 Å². The Morgan fingerprint density at radius 2 is 2.11 bits per heavy atom. The van der Waals surface area contributed by atoms with Crippen molar-refractivity contribution in [3.05, 3.63) is 29.6 Å². The van der Waals surface area contributed by atoms with E-state index in [1.807, 2.05) is 0 Å². The minimum absolute atomic E-state index is 0.631. The maximum atomic E-state index is 4.78. The van der Waals surface area contributed by atoms with E-state index in [-0.39, 0.29) is 0 Å². The first kappa shape index (κ1) is 13.5. The van der Waals surface area contributed by atoms with Crippen LogP contribution in [0.3, 0.4) is 0 Å². The second-order valence-corrected chi connectivity index (χ2v) is 5.63. The van der Waals surface area contributed by atoms with Crippen LogP contribution in [-0.4, -0.2) is 15.3 Å². The van der Waals surface area contributed by atoms with E-state index in [0.717, 1.165) is 30.7 Å². The SMILES string of the molecule is CCc1ccc2c(c1)nc(CCS)n2CC(C)C. The summed E-state index contributed by atoms with van der Waals surface area (Å²) < 4.78 is 2.36. The van der Waals surface area contributed by atoms with Crippen LogP contribution in [0, 0.1) is 5.92 Å². The molecule has 0 aliphatic heterocycles. The predicted octanol–water partition coefficient (Wildman–Crippen LogP) is 3.73. The molecule has 2 aromatic rings. The van der Waals surface area contributed by atoms with Crippen molar-refractivity contribution in [2.45, 2.75) is 40.2 Å². The molecular weight excluding hydrogens is 240 g/mol. The predicted molar refractivity (Wildman–Crippen MR) is 81.5 cm³/mol. The van der Waals surface area contributed by atoms with Crippen LogP contribution in [0.4, 0.5) is 0 Å². The Morgan fingerprint density at radius 3 is 2.72 bits per heavy atom. The van der Waals surface area contributed by atoms with Crippen molar-refractivity contribution >= 4 is 23.7 Å². The fourth-order valence-corrected chi connectivity index (χ4v) is 2.50. The molecule has 0 radical (unpaired) electrons. The zero-order valence-corrected chi connectivity index (χ0v) is 12.4. The normalized spacial score (nSPS) is 11.6. The van der Waals surface area contributed by atoms with Crippen LogP contribution in [0.15, 0.2) is 18.2 Å². The third-order valence-electron chi connectivity index (χ3n) is 3.18. The Labute approximate surface area is 115 Å². The van der Waals surface area contributed by atoms with E-state index < -0.39 is 0 Å². The van der Waals surface area contributed by atoms with Gasteiger partial charge in [-0.25, -0.2) is 4.98 Å². The van der Waals surface area contributed by atoms with Crippen LogP contribution in [0.2, 0.25) is 0 Å². The number of aryl methyl sites for hydroxylation is 2. The van der Waals surface area contributed by atoms with E-state index in [4.69, 9.17) is 4.98 Å². The lowest BCUT2D eigenvalue weighted by Crippen LogP contribution is -2.09. The Morgan fingerprint density at radius 1 is 1.33 bits per heavy atom. The van der Waals surface area contributed by atoms with Crippen molar-refractivity contribution < 1.29 is 0 Å². The molecule has 1 aromatic heterocycles. The molecule has 1 aromatic carbocycles. The summed E-state index contributed by atoms with van der Waals surface area (Å²) in [5, 5.41) is 0. The molecule has 0 amide bonds. The molecule has 0 N–H and O–H groups in total. The maximum Gasteiger partial charge on any atom is 0.110 e. The van der Waals surface area contributed by atoms with E-state index in [1.165, 1.54) is 16.9 Å². The van der Waals surface area contributed by atoms with Gasteiger partial charge in [0.15, 0.2) is 0 Å². The minimum Gasteiger partial charge on any atom is -0.328 e. The number of thiol groups is 1.